The minimum absolute atomic E-state index is 0.281. The van der Waals surface area contributed by atoms with Crippen LogP contribution in [0.25, 0.3) is 0 Å². The van der Waals surface area contributed by atoms with Crippen LogP contribution in [-0.4, -0.2) is 42.6 Å². The molecule has 0 spiro atoms. The molecule has 1 N–H and O–H groups in total. The Labute approximate surface area is 104 Å². The normalized spacial score (nSPS) is 17.9. The first kappa shape index (κ1) is 13.3. The van der Waals surface area contributed by atoms with Crippen molar-refractivity contribution in [3.8, 4) is 0 Å². The maximum atomic E-state index is 12.8. The zero-order valence-electron chi connectivity index (χ0n) is 10.0. The van der Waals surface area contributed by atoms with Gasteiger partial charge in [-0.25, -0.2) is 0 Å². The summed E-state index contributed by atoms with van der Waals surface area (Å²) in [5.41, 5.74) is -0.281. The summed E-state index contributed by atoms with van der Waals surface area (Å²) < 4.78 is 38.3. The smallest absolute Gasteiger partial charge is 0.314 e. The zero-order valence-corrected chi connectivity index (χ0v) is 10.0. The summed E-state index contributed by atoms with van der Waals surface area (Å²) in [4.78, 5) is 5.96. The highest BCUT2D eigenvalue weighted by atomic mass is 19.4. The van der Waals surface area contributed by atoms with Crippen molar-refractivity contribution in [1.29, 1.82) is 0 Å². The Morgan fingerprint density at radius 1 is 1.28 bits per heavy atom. The van der Waals surface area contributed by atoms with E-state index in [0.717, 1.165) is 32.2 Å². The van der Waals surface area contributed by atoms with Gasteiger partial charge >= 0.3 is 6.18 Å². The molecule has 1 aliphatic heterocycles. The van der Waals surface area contributed by atoms with Crippen molar-refractivity contribution < 1.29 is 13.2 Å². The van der Waals surface area contributed by atoms with E-state index >= 15 is 0 Å². The Balaban J connectivity index is 2.00. The van der Waals surface area contributed by atoms with E-state index in [9.17, 15) is 13.2 Å². The van der Waals surface area contributed by atoms with Gasteiger partial charge in [0.15, 0.2) is 0 Å². The molecule has 0 radical (unpaired) electrons. The van der Waals surface area contributed by atoms with Crippen LogP contribution >= 0.6 is 0 Å². The molecule has 18 heavy (non-hydrogen) atoms. The highest BCUT2D eigenvalue weighted by Gasteiger charge is 2.33. The van der Waals surface area contributed by atoms with Crippen LogP contribution < -0.4 is 5.32 Å². The third-order valence-electron chi connectivity index (χ3n) is 3.12. The molecule has 1 aromatic heterocycles. The highest BCUT2D eigenvalue weighted by molar-refractivity contribution is 5.26. The number of hydrogen-bond donors (Lipinski definition) is 1. The van der Waals surface area contributed by atoms with Crippen LogP contribution in [0, 0.1) is 0 Å². The summed E-state index contributed by atoms with van der Waals surface area (Å²) >= 11 is 0. The van der Waals surface area contributed by atoms with E-state index in [-0.39, 0.29) is 5.56 Å². The van der Waals surface area contributed by atoms with Crippen molar-refractivity contribution in [2.45, 2.75) is 12.6 Å². The largest absolute Gasteiger partial charge is 0.416 e. The summed E-state index contributed by atoms with van der Waals surface area (Å²) in [6, 6.07) is 1.05. The summed E-state index contributed by atoms with van der Waals surface area (Å²) in [7, 11) is 0. The van der Waals surface area contributed by atoms with E-state index in [1.807, 2.05) is 0 Å². The molecule has 3 nitrogen and oxygen atoms in total. The lowest BCUT2D eigenvalue weighted by atomic mass is 10.1. The van der Waals surface area contributed by atoms with Crippen LogP contribution in [0.3, 0.4) is 0 Å². The first-order valence-corrected chi connectivity index (χ1v) is 6.00. The van der Waals surface area contributed by atoms with Crippen molar-refractivity contribution in [2.24, 2.45) is 0 Å². The molecule has 0 saturated carbocycles. The Hall–Kier alpha value is -1.14. The van der Waals surface area contributed by atoms with Crippen molar-refractivity contribution in [3.05, 3.63) is 29.6 Å². The van der Waals surface area contributed by atoms with Gasteiger partial charge in [-0.1, -0.05) is 0 Å². The van der Waals surface area contributed by atoms with Crippen molar-refractivity contribution in [1.82, 2.24) is 15.2 Å². The van der Waals surface area contributed by atoms with Gasteiger partial charge in [0.1, 0.15) is 0 Å². The lowest BCUT2D eigenvalue weighted by Crippen LogP contribution is -2.44. The van der Waals surface area contributed by atoms with Crippen LogP contribution in [0.5, 0.6) is 0 Å². The second-order valence-corrected chi connectivity index (χ2v) is 4.37. The standard InChI is InChI=1S/C12H16F3N3/c13-12(14,15)11-1-3-17-9-10(11)2-6-18-7-4-16-5-8-18/h1,3,9,16H,2,4-8H2. The molecule has 2 rings (SSSR count). The van der Waals surface area contributed by atoms with E-state index < -0.39 is 11.7 Å². The Kier molecular flexibility index (Phi) is 4.19. The first-order chi connectivity index (χ1) is 8.57. The molecule has 1 fully saturated rings. The number of rotatable bonds is 3. The average Bonchev–Trinajstić information content (AvgIpc) is 2.37. The maximum Gasteiger partial charge on any atom is 0.416 e. The van der Waals surface area contributed by atoms with E-state index in [4.69, 9.17) is 0 Å². The van der Waals surface area contributed by atoms with E-state index in [1.54, 1.807) is 0 Å². The fourth-order valence-electron chi connectivity index (χ4n) is 2.12. The molecule has 0 aromatic carbocycles. The first-order valence-electron chi connectivity index (χ1n) is 6.00. The number of nitrogens with one attached hydrogen (secondary N) is 1. The molecule has 100 valence electrons. The number of pyridine rings is 1. The third-order valence-corrected chi connectivity index (χ3v) is 3.12. The minimum atomic E-state index is -4.29. The van der Waals surface area contributed by atoms with Crippen LogP contribution in [0.15, 0.2) is 18.5 Å². The summed E-state index contributed by atoms with van der Waals surface area (Å²) in [5.74, 6) is 0. The lowest BCUT2D eigenvalue weighted by molar-refractivity contribution is -0.138. The van der Waals surface area contributed by atoms with E-state index in [1.165, 1.54) is 12.4 Å². The summed E-state index contributed by atoms with van der Waals surface area (Å²) in [6.45, 7) is 4.23. The van der Waals surface area contributed by atoms with Crippen LogP contribution in [0.4, 0.5) is 13.2 Å². The predicted molar refractivity (Wildman–Crippen MR) is 62.3 cm³/mol. The number of piperazine rings is 1. The fraction of sp³-hybridized carbons (Fsp3) is 0.583. The minimum Gasteiger partial charge on any atom is -0.314 e. The van der Waals surface area contributed by atoms with Gasteiger partial charge < -0.3 is 10.2 Å². The molecule has 0 unspecified atom stereocenters. The molecule has 0 atom stereocenters. The van der Waals surface area contributed by atoms with Crippen molar-refractivity contribution >= 4 is 0 Å². The second kappa shape index (κ2) is 5.67. The topological polar surface area (TPSA) is 28.2 Å². The van der Waals surface area contributed by atoms with Crippen LogP contribution in [0.1, 0.15) is 11.1 Å². The molecule has 6 heteroatoms. The van der Waals surface area contributed by atoms with Gasteiger partial charge in [-0.3, -0.25) is 4.98 Å². The number of halogens is 3. The molecular weight excluding hydrogens is 243 g/mol. The highest BCUT2D eigenvalue weighted by Crippen LogP contribution is 2.31. The summed E-state index contributed by atoms with van der Waals surface area (Å²) in [6.07, 6.45) is -1.38. The van der Waals surface area contributed by atoms with Crippen LogP contribution in [0.2, 0.25) is 0 Å². The lowest BCUT2D eigenvalue weighted by Gasteiger charge is -2.27. The number of aromatic nitrogens is 1. The van der Waals surface area contributed by atoms with Gasteiger partial charge in [-0.05, 0) is 18.1 Å². The quantitative estimate of drug-likeness (QED) is 0.892. The van der Waals surface area contributed by atoms with Crippen LogP contribution in [-0.2, 0) is 12.6 Å². The summed E-state index contributed by atoms with van der Waals surface area (Å²) in [5, 5.41) is 3.21. The Morgan fingerprint density at radius 2 is 2.00 bits per heavy atom. The molecule has 0 bridgehead atoms. The number of hydrogen-bond acceptors (Lipinski definition) is 3. The fourth-order valence-corrected chi connectivity index (χ4v) is 2.12. The number of alkyl halides is 3. The molecular formula is C12H16F3N3. The van der Waals surface area contributed by atoms with Crippen molar-refractivity contribution in [2.75, 3.05) is 32.7 Å². The maximum absolute atomic E-state index is 12.8. The van der Waals surface area contributed by atoms with Gasteiger partial charge in [0.2, 0.25) is 0 Å². The molecule has 0 aliphatic carbocycles. The van der Waals surface area contributed by atoms with Crippen molar-refractivity contribution in [3.63, 3.8) is 0 Å². The Bertz CT molecular complexity index is 386. The number of nitrogens with zero attached hydrogens (tertiary/aromatic N) is 2. The molecule has 2 heterocycles. The van der Waals surface area contributed by atoms with Gasteiger partial charge in [0.05, 0.1) is 5.56 Å². The molecule has 1 saturated heterocycles. The monoisotopic (exact) mass is 259 g/mol. The molecule has 1 aliphatic rings. The average molecular weight is 259 g/mol. The van der Waals surface area contributed by atoms with Gasteiger partial charge in [0.25, 0.3) is 0 Å². The second-order valence-electron chi connectivity index (χ2n) is 4.37. The van der Waals surface area contributed by atoms with E-state index in [2.05, 4.69) is 15.2 Å². The predicted octanol–water partition coefficient (Wildman–Crippen LogP) is 1.55. The zero-order chi connectivity index (χ0) is 13.0. The molecule has 1 aromatic rings. The third kappa shape index (κ3) is 3.43. The Morgan fingerprint density at radius 3 is 2.67 bits per heavy atom. The van der Waals surface area contributed by atoms with Gasteiger partial charge in [-0.15, -0.1) is 0 Å². The van der Waals surface area contributed by atoms with E-state index in [0.29, 0.717) is 13.0 Å². The van der Waals surface area contributed by atoms with Gasteiger partial charge in [-0.2, -0.15) is 13.2 Å². The SMILES string of the molecule is FC(F)(F)c1ccncc1CCN1CCNCC1. The van der Waals surface area contributed by atoms with Gasteiger partial charge in [0, 0.05) is 45.1 Å². The molecule has 0 amide bonds.